The summed E-state index contributed by atoms with van der Waals surface area (Å²) in [7, 11) is 0. The zero-order chi connectivity index (χ0) is 18.5. The maximum absolute atomic E-state index is 13.4. The van der Waals surface area contributed by atoms with E-state index >= 15 is 0 Å². The van der Waals surface area contributed by atoms with Gasteiger partial charge in [-0.2, -0.15) is 5.10 Å². The van der Waals surface area contributed by atoms with E-state index in [-0.39, 0.29) is 5.56 Å². The van der Waals surface area contributed by atoms with Crippen molar-refractivity contribution in [1.82, 2.24) is 29.8 Å². The molecule has 0 amide bonds. The Bertz CT molecular complexity index is 1370. The molecular formula is C18H13ClN7O+. The highest BCUT2D eigenvalue weighted by Crippen LogP contribution is 2.25. The van der Waals surface area contributed by atoms with E-state index in [0.717, 1.165) is 5.56 Å². The summed E-state index contributed by atoms with van der Waals surface area (Å²) >= 11 is 6.21. The fourth-order valence-electron chi connectivity index (χ4n) is 3.21. The van der Waals surface area contributed by atoms with Crippen molar-refractivity contribution in [3.8, 4) is 17.1 Å². The number of fused-ring (bicyclic) bond motifs is 2. The second-order valence-electron chi connectivity index (χ2n) is 6.11. The number of benzene rings is 1. The molecule has 4 heterocycles. The molecule has 2 N–H and O–H groups in total. The minimum Gasteiger partial charge on any atom is -0.268 e. The predicted molar refractivity (Wildman–Crippen MR) is 100.0 cm³/mol. The standard InChI is InChI=1S/C18H12ClN7O/c1-10-21-18-22-13-6-8-25(14-5-7-20-23-14)17(27)15(13)16(26(18)24-10)11-3-2-4-12(19)9-11/h2-9H,1H3,(H,20,23)/p+1. The Kier molecular flexibility index (Phi) is 3.34. The third-order valence-electron chi connectivity index (χ3n) is 4.34. The average Bonchev–Trinajstić information content (AvgIpc) is 3.29. The van der Waals surface area contributed by atoms with Gasteiger partial charge in [0.05, 0.1) is 6.20 Å². The highest BCUT2D eigenvalue weighted by Gasteiger charge is 2.24. The smallest absolute Gasteiger partial charge is 0.268 e. The molecule has 0 unspecified atom stereocenters. The first-order valence-corrected chi connectivity index (χ1v) is 8.59. The van der Waals surface area contributed by atoms with Gasteiger partial charge in [-0.25, -0.2) is 5.10 Å². The highest BCUT2D eigenvalue weighted by atomic mass is 35.5. The number of pyridine rings is 1. The van der Waals surface area contributed by atoms with Crippen molar-refractivity contribution >= 4 is 28.3 Å². The minimum atomic E-state index is -0.221. The Balaban J connectivity index is 1.98. The Labute approximate surface area is 157 Å². The number of halogens is 1. The van der Waals surface area contributed by atoms with E-state index in [1.54, 1.807) is 35.1 Å². The highest BCUT2D eigenvalue weighted by molar-refractivity contribution is 6.30. The molecule has 0 saturated carbocycles. The van der Waals surface area contributed by atoms with Gasteiger partial charge in [-0.05, 0) is 18.2 Å². The first-order valence-electron chi connectivity index (χ1n) is 8.21. The van der Waals surface area contributed by atoms with E-state index < -0.39 is 0 Å². The van der Waals surface area contributed by atoms with Gasteiger partial charge in [-0.15, -0.1) is 4.52 Å². The van der Waals surface area contributed by atoms with Crippen LogP contribution in [-0.2, 0) is 0 Å². The zero-order valence-corrected chi connectivity index (χ0v) is 14.9. The van der Waals surface area contributed by atoms with Crippen molar-refractivity contribution in [3.05, 3.63) is 70.0 Å². The molecule has 4 aromatic heterocycles. The van der Waals surface area contributed by atoms with E-state index in [4.69, 9.17) is 11.6 Å². The number of hydrogen-bond acceptors (Lipinski definition) is 4. The van der Waals surface area contributed by atoms with Crippen molar-refractivity contribution in [1.29, 1.82) is 0 Å². The molecule has 0 aliphatic carbocycles. The van der Waals surface area contributed by atoms with Crippen LogP contribution in [-0.4, -0.2) is 29.8 Å². The van der Waals surface area contributed by atoms with Crippen LogP contribution in [0.1, 0.15) is 5.82 Å². The number of nitrogens with one attached hydrogen (secondary N) is 2. The average molecular weight is 379 g/mol. The third kappa shape index (κ3) is 2.42. The quantitative estimate of drug-likeness (QED) is 0.460. The number of aryl methyl sites for hydroxylation is 1. The van der Waals surface area contributed by atoms with Gasteiger partial charge in [0.15, 0.2) is 11.2 Å². The van der Waals surface area contributed by atoms with Crippen LogP contribution in [0.2, 0.25) is 5.02 Å². The second kappa shape index (κ2) is 5.75. The molecule has 0 bridgehead atoms. The minimum absolute atomic E-state index is 0.221. The first-order chi connectivity index (χ1) is 13.1. The summed E-state index contributed by atoms with van der Waals surface area (Å²) in [4.78, 5) is 22.3. The summed E-state index contributed by atoms with van der Waals surface area (Å²) in [6.07, 6.45) is 3.27. The van der Waals surface area contributed by atoms with E-state index in [2.05, 4.69) is 25.3 Å². The number of hydrogen-bond donors (Lipinski definition) is 2. The van der Waals surface area contributed by atoms with Crippen molar-refractivity contribution in [2.45, 2.75) is 6.92 Å². The molecule has 0 aliphatic rings. The molecule has 0 saturated heterocycles. The lowest BCUT2D eigenvalue weighted by molar-refractivity contribution is -0.567. The third-order valence-corrected chi connectivity index (χ3v) is 4.57. The Morgan fingerprint density at radius 3 is 2.85 bits per heavy atom. The van der Waals surface area contributed by atoms with Gasteiger partial charge in [-0.3, -0.25) is 14.5 Å². The molecule has 0 aliphatic heterocycles. The second-order valence-corrected chi connectivity index (χ2v) is 6.54. The molecule has 5 aromatic rings. The van der Waals surface area contributed by atoms with E-state index in [9.17, 15) is 4.79 Å². The summed E-state index contributed by atoms with van der Waals surface area (Å²) in [5, 5.41) is 10.9. The summed E-state index contributed by atoms with van der Waals surface area (Å²) < 4.78 is 3.21. The van der Waals surface area contributed by atoms with Gasteiger partial charge in [0, 0.05) is 29.8 Å². The molecule has 0 spiro atoms. The number of aromatic nitrogens is 7. The Morgan fingerprint density at radius 2 is 2.07 bits per heavy atom. The van der Waals surface area contributed by atoms with Gasteiger partial charge in [-0.1, -0.05) is 33.7 Å². The molecule has 0 fully saturated rings. The van der Waals surface area contributed by atoms with E-state index in [1.165, 1.54) is 4.57 Å². The first kappa shape index (κ1) is 15.7. The molecule has 0 radical (unpaired) electrons. The van der Waals surface area contributed by atoms with Crippen LogP contribution in [0.4, 0.5) is 0 Å². The fourth-order valence-corrected chi connectivity index (χ4v) is 3.40. The Hall–Kier alpha value is -3.52. The van der Waals surface area contributed by atoms with Gasteiger partial charge >= 0.3 is 5.78 Å². The fraction of sp³-hybridized carbons (Fsp3) is 0.0556. The van der Waals surface area contributed by atoms with E-state index in [1.807, 2.05) is 25.1 Å². The van der Waals surface area contributed by atoms with Gasteiger partial charge in [0.1, 0.15) is 11.2 Å². The summed E-state index contributed by atoms with van der Waals surface area (Å²) in [5.74, 6) is 1.74. The summed E-state index contributed by atoms with van der Waals surface area (Å²) in [5.41, 5.74) is 1.77. The largest absolute Gasteiger partial charge is 0.458 e. The van der Waals surface area contributed by atoms with Gasteiger partial charge < -0.3 is 0 Å². The van der Waals surface area contributed by atoms with Crippen LogP contribution < -0.4 is 10.1 Å². The molecule has 132 valence electrons. The van der Waals surface area contributed by atoms with Crippen molar-refractivity contribution < 1.29 is 4.52 Å². The van der Waals surface area contributed by atoms with Crippen LogP contribution in [0.15, 0.2) is 53.6 Å². The number of H-pyrrole nitrogens is 2. The normalized spacial score (nSPS) is 11.5. The lowest BCUT2D eigenvalue weighted by Crippen LogP contribution is -2.31. The predicted octanol–water partition coefficient (Wildman–Crippen LogP) is 2.20. The topological polar surface area (TPSA) is 96.3 Å². The molecular weight excluding hydrogens is 366 g/mol. The molecule has 9 heteroatoms. The summed E-state index contributed by atoms with van der Waals surface area (Å²) in [6.45, 7) is 1.84. The van der Waals surface area contributed by atoms with Crippen LogP contribution in [0.5, 0.6) is 0 Å². The molecule has 0 atom stereocenters. The lowest BCUT2D eigenvalue weighted by atomic mass is 10.1. The number of rotatable bonds is 2. The monoisotopic (exact) mass is 378 g/mol. The number of nitrogens with zero attached hydrogens (tertiary/aromatic N) is 5. The van der Waals surface area contributed by atoms with Crippen molar-refractivity contribution in [2.24, 2.45) is 0 Å². The van der Waals surface area contributed by atoms with E-state index in [0.29, 0.717) is 39.0 Å². The van der Waals surface area contributed by atoms with Crippen molar-refractivity contribution in [2.75, 3.05) is 0 Å². The van der Waals surface area contributed by atoms with Crippen LogP contribution in [0.25, 0.3) is 33.8 Å². The molecule has 27 heavy (non-hydrogen) atoms. The lowest BCUT2D eigenvalue weighted by Gasteiger charge is -2.07. The maximum atomic E-state index is 13.4. The van der Waals surface area contributed by atoms with Crippen LogP contribution in [0.3, 0.4) is 0 Å². The molecule has 5 rings (SSSR count). The Morgan fingerprint density at radius 1 is 1.19 bits per heavy atom. The maximum Gasteiger partial charge on any atom is 0.458 e. The van der Waals surface area contributed by atoms with Gasteiger partial charge in [0.2, 0.25) is 5.82 Å². The van der Waals surface area contributed by atoms with Crippen LogP contribution >= 0.6 is 11.6 Å². The SMILES string of the molecule is Cc1nc2nc3ccn(-c4ccn[nH]4)c(=O)c3c(-c3cccc(Cl)c3)[n+]2[nH]1. The van der Waals surface area contributed by atoms with Gasteiger partial charge in [0.25, 0.3) is 5.56 Å². The zero-order valence-electron chi connectivity index (χ0n) is 14.1. The summed E-state index contributed by atoms with van der Waals surface area (Å²) in [6, 6.07) is 10.9. The molecule has 8 nitrogen and oxygen atoms in total. The van der Waals surface area contributed by atoms with Crippen LogP contribution in [0, 0.1) is 6.92 Å². The molecule has 1 aromatic carbocycles. The van der Waals surface area contributed by atoms with Crippen molar-refractivity contribution in [3.63, 3.8) is 0 Å². The number of aromatic amines is 2.